The standard InChI is InChI=1S/C15H22BrN3O/c1-5-8-17-12(14-7-6-10(2)20-14)9-13-15(16)11(3)18-19(13)4/h6-7,12,17H,5,8-9H2,1-4H3. The smallest absolute Gasteiger partial charge is 0.121 e. The average molecular weight is 340 g/mol. The molecular weight excluding hydrogens is 318 g/mol. The third kappa shape index (κ3) is 3.33. The summed E-state index contributed by atoms with van der Waals surface area (Å²) >= 11 is 3.63. The van der Waals surface area contributed by atoms with E-state index in [9.17, 15) is 0 Å². The zero-order valence-corrected chi connectivity index (χ0v) is 14.1. The van der Waals surface area contributed by atoms with Gasteiger partial charge in [-0.2, -0.15) is 5.10 Å². The molecule has 0 radical (unpaired) electrons. The topological polar surface area (TPSA) is 43.0 Å². The van der Waals surface area contributed by atoms with E-state index < -0.39 is 0 Å². The van der Waals surface area contributed by atoms with Gasteiger partial charge in [0.1, 0.15) is 11.5 Å². The van der Waals surface area contributed by atoms with Crippen LogP contribution in [0.5, 0.6) is 0 Å². The lowest BCUT2D eigenvalue weighted by atomic mass is 10.1. The number of nitrogens with zero attached hydrogens (tertiary/aromatic N) is 2. The van der Waals surface area contributed by atoms with Crippen molar-refractivity contribution in [2.45, 2.75) is 39.7 Å². The van der Waals surface area contributed by atoms with Gasteiger partial charge in [0.05, 0.1) is 21.9 Å². The summed E-state index contributed by atoms with van der Waals surface area (Å²) in [4.78, 5) is 0. The number of rotatable bonds is 6. The highest BCUT2D eigenvalue weighted by atomic mass is 79.9. The number of halogens is 1. The maximum Gasteiger partial charge on any atom is 0.121 e. The zero-order valence-electron chi connectivity index (χ0n) is 12.5. The van der Waals surface area contributed by atoms with Gasteiger partial charge in [0.15, 0.2) is 0 Å². The van der Waals surface area contributed by atoms with Crippen molar-refractivity contribution in [2.75, 3.05) is 6.54 Å². The molecule has 0 aliphatic heterocycles. The number of furan rings is 1. The molecule has 0 aromatic carbocycles. The van der Waals surface area contributed by atoms with Gasteiger partial charge in [-0.05, 0) is 54.9 Å². The average Bonchev–Trinajstić information content (AvgIpc) is 2.93. The Balaban J connectivity index is 2.23. The van der Waals surface area contributed by atoms with Crippen molar-refractivity contribution in [1.29, 1.82) is 0 Å². The second-order valence-electron chi connectivity index (χ2n) is 5.13. The summed E-state index contributed by atoms with van der Waals surface area (Å²) in [5.41, 5.74) is 2.21. The van der Waals surface area contributed by atoms with Gasteiger partial charge >= 0.3 is 0 Å². The molecule has 2 rings (SSSR count). The monoisotopic (exact) mass is 339 g/mol. The fraction of sp³-hybridized carbons (Fsp3) is 0.533. The third-order valence-corrected chi connectivity index (χ3v) is 4.44. The SMILES string of the molecule is CCCNC(Cc1c(Br)c(C)nn1C)c1ccc(C)o1. The molecule has 0 amide bonds. The van der Waals surface area contributed by atoms with E-state index in [0.29, 0.717) is 0 Å². The molecular formula is C15H22BrN3O. The van der Waals surface area contributed by atoms with E-state index in [4.69, 9.17) is 4.42 Å². The van der Waals surface area contributed by atoms with Crippen LogP contribution in [-0.4, -0.2) is 16.3 Å². The largest absolute Gasteiger partial charge is 0.465 e. The van der Waals surface area contributed by atoms with Crippen molar-refractivity contribution < 1.29 is 4.42 Å². The molecule has 20 heavy (non-hydrogen) atoms. The Morgan fingerprint density at radius 1 is 1.40 bits per heavy atom. The van der Waals surface area contributed by atoms with E-state index in [1.54, 1.807) is 0 Å². The van der Waals surface area contributed by atoms with E-state index in [0.717, 1.165) is 41.1 Å². The minimum atomic E-state index is 0.176. The van der Waals surface area contributed by atoms with Gasteiger partial charge in [0.25, 0.3) is 0 Å². The number of nitrogens with one attached hydrogen (secondary N) is 1. The molecule has 2 aromatic heterocycles. The highest BCUT2D eigenvalue weighted by molar-refractivity contribution is 9.10. The predicted molar refractivity (Wildman–Crippen MR) is 83.8 cm³/mol. The quantitative estimate of drug-likeness (QED) is 0.872. The van der Waals surface area contributed by atoms with Crippen molar-refractivity contribution in [1.82, 2.24) is 15.1 Å². The van der Waals surface area contributed by atoms with Crippen LogP contribution in [0.15, 0.2) is 21.0 Å². The Hall–Kier alpha value is -1.07. The molecule has 0 aliphatic rings. The summed E-state index contributed by atoms with van der Waals surface area (Å²) in [7, 11) is 1.98. The van der Waals surface area contributed by atoms with E-state index in [1.807, 2.05) is 31.6 Å². The van der Waals surface area contributed by atoms with Crippen LogP contribution in [0.1, 0.15) is 42.3 Å². The van der Waals surface area contributed by atoms with Crippen LogP contribution in [0.25, 0.3) is 0 Å². The Labute approximate surface area is 128 Å². The molecule has 0 spiro atoms. The van der Waals surface area contributed by atoms with Gasteiger partial charge in [0, 0.05) is 13.5 Å². The molecule has 0 bridgehead atoms. The van der Waals surface area contributed by atoms with Crippen molar-refractivity contribution in [3.8, 4) is 0 Å². The molecule has 0 fully saturated rings. The Kier molecular flexibility index (Phi) is 5.05. The van der Waals surface area contributed by atoms with E-state index in [2.05, 4.69) is 39.3 Å². The number of hydrogen-bond donors (Lipinski definition) is 1. The van der Waals surface area contributed by atoms with Gasteiger partial charge in [-0.1, -0.05) is 6.92 Å². The fourth-order valence-electron chi connectivity index (χ4n) is 2.33. The van der Waals surface area contributed by atoms with Crippen molar-refractivity contribution in [3.05, 3.63) is 39.5 Å². The van der Waals surface area contributed by atoms with Gasteiger partial charge in [-0.3, -0.25) is 4.68 Å². The first-order valence-electron chi connectivity index (χ1n) is 7.00. The molecule has 1 atom stereocenters. The van der Waals surface area contributed by atoms with Crippen molar-refractivity contribution in [2.24, 2.45) is 7.05 Å². The minimum Gasteiger partial charge on any atom is -0.465 e. The number of hydrogen-bond acceptors (Lipinski definition) is 3. The normalized spacial score (nSPS) is 12.8. The van der Waals surface area contributed by atoms with Crippen LogP contribution in [0, 0.1) is 13.8 Å². The second kappa shape index (κ2) is 6.59. The van der Waals surface area contributed by atoms with Gasteiger partial charge in [-0.15, -0.1) is 0 Å². The number of aryl methyl sites for hydroxylation is 3. The van der Waals surface area contributed by atoms with Gasteiger partial charge < -0.3 is 9.73 Å². The summed E-state index contributed by atoms with van der Waals surface area (Å²) in [5, 5.41) is 8.01. The molecule has 0 aliphatic carbocycles. The maximum absolute atomic E-state index is 5.79. The Morgan fingerprint density at radius 3 is 2.65 bits per heavy atom. The Bertz CT molecular complexity index is 574. The fourth-order valence-corrected chi connectivity index (χ4v) is 2.83. The molecule has 4 nitrogen and oxygen atoms in total. The lowest BCUT2D eigenvalue weighted by Gasteiger charge is -2.17. The van der Waals surface area contributed by atoms with Crippen molar-refractivity contribution in [3.63, 3.8) is 0 Å². The summed E-state index contributed by atoms with van der Waals surface area (Å²) in [6, 6.07) is 4.24. The molecule has 1 unspecified atom stereocenters. The second-order valence-corrected chi connectivity index (χ2v) is 5.92. The highest BCUT2D eigenvalue weighted by Crippen LogP contribution is 2.27. The van der Waals surface area contributed by atoms with Crippen LogP contribution in [-0.2, 0) is 13.5 Å². The molecule has 5 heteroatoms. The molecule has 0 saturated heterocycles. The van der Waals surface area contributed by atoms with Crippen LogP contribution < -0.4 is 5.32 Å². The van der Waals surface area contributed by atoms with E-state index in [1.165, 1.54) is 5.69 Å². The zero-order chi connectivity index (χ0) is 14.7. The summed E-state index contributed by atoms with van der Waals surface area (Å²) in [6.45, 7) is 7.13. The van der Waals surface area contributed by atoms with Crippen LogP contribution >= 0.6 is 15.9 Å². The highest BCUT2D eigenvalue weighted by Gasteiger charge is 2.20. The van der Waals surface area contributed by atoms with E-state index >= 15 is 0 Å². The van der Waals surface area contributed by atoms with Gasteiger partial charge in [-0.25, -0.2) is 0 Å². The summed E-state index contributed by atoms with van der Waals surface area (Å²) in [5.74, 6) is 1.94. The first-order valence-corrected chi connectivity index (χ1v) is 7.80. The number of aromatic nitrogens is 2. The molecule has 0 saturated carbocycles. The van der Waals surface area contributed by atoms with Crippen LogP contribution in [0.3, 0.4) is 0 Å². The van der Waals surface area contributed by atoms with Crippen LogP contribution in [0.2, 0.25) is 0 Å². The van der Waals surface area contributed by atoms with E-state index in [-0.39, 0.29) is 6.04 Å². The minimum absolute atomic E-state index is 0.176. The van der Waals surface area contributed by atoms with Crippen LogP contribution in [0.4, 0.5) is 0 Å². The predicted octanol–water partition coefficient (Wildman–Crippen LogP) is 3.68. The Morgan fingerprint density at radius 2 is 2.15 bits per heavy atom. The molecule has 2 aromatic rings. The summed E-state index contributed by atoms with van der Waals surface area (Å²) < 4.78 is 8.82. The molecule has 1 N–H and O–H groups in total. The first kappa shape index (κ1) is 15.3. The third-order valence-electron chi connectivity index (χ3n) is 3.40. The lowest BCUT2D eigenvalue weighted by molar-refractivity contribution is 0.393. The summed E-state index contributed by atoms with van der Waals surface area (Å²) in [6.07, 6.45) is 1.95. The first-order chi connectivity index (χ1) is 9.52. The molecule has 2 heterocycles. The lowest BCUT2D eigenvalue weighted by Crippen LogP contribution is -2.24. The van der Waals surface area contributed by atoms with Gasteiger partial charge in [0.2, 0.25) is 0 Å². The van der Waals surface area contributed by atoms with Crippen molar-refractivity contribution >= 4 is 15.9 Å². The maximum atomic E-state index is 5.79. The molecule has 110 valence electrons.